The van der Waals surface area contributed by atoms with Crippen LogP contribution in [-0.2, 0) is 16.0 Å². The lowest BCUT2D eigenvalue weighted by Crippen LogP contribution is -2.28. The second-order valence-corrected chi connectivity index (χ2v) is 8.21. The number of nitrogens with one attached hydrogen (secondary N) is 2. The van der Waals surface area contributed by atoms with Gasteiger partial charge in [0.25, 0.3) is 5.91 Å². The number of benzene rings is 3. The molecule has 0 radical (unpaired) electrons. The van der Waals surface area contributed by atoms with Crippen molar-refractivity contribution in [1.29, 1.82) is 0 Å². The van der Waals surface area contributed by atoms with Gasteiger partial charge in [0.2, 0.25) is 11.8 Å². The molecule has 1 heterocycles. The van der Waals surface area contributed by atoms with Crippen molar-refractivity contribution < 1.29 is 14.4 Å². The van der Waals surface area contributed by atoms with Gasteiger partial charge in [0.15, 0.2) is 0 Å². The summed E-state index contributed by atoms with van der Waals surface area (Å²) in [4.78, 5) is 40.0. The predicted octanol–water partition coefficient (Wildman–Crippen LogP) is 4.80. The van der Waals surface area contributed by atoms with Crippen molar-refractivity contribution in [3.05, 3.63) is 89.5 Å². The van der Waals surface area contributed by atoms with Crippen molar-refractivity contribution in [3.8, 4) is 0 Å². The molecule has 0 aromatic heterocycles. The summed E-state index contributed by atoms with van der Waals surface area (Å²) in [5.41, 5.74) is 4.44. The number of anilines is 3. The summed E-state index contributed by atoms with van der Waals surface area (Å²) < 4.78 is 0. The lowest BCUT2D eigenvalue weighted by atomic mass is 10.0. The van der Waals surface area contributed by atoms with Gasteiger partial charge in [0.05, 0.1) is 5.92 Å². The van der Waals surface area contributed by atoms with E-state index in [9.17, 15) is 14.4 Å². The number of carbonyl (C=O) groups excluding carboxylic acids is 3. The second-order valence-electron chi connectivity index (χ2n) is 8.21. The summed E-state index contributed by atoms with van der Waals surface area (Å²) in [5.74, 6) is -0.982. The van der Waals surface area contributed by atoms with Crippen molar-refractivity contribution in [2.75, 3.05) is 22.1 Å². The molecule has 1 aliphatic rings. The molecule has 3 aromatic carbocycles. The molecule has 0 bridgehead atoms. The van der Waals surface area contributed by atoms with E-state index in [1.54, 1.807) is 30.0 Å². The van der Waals surface area contributed by atoms with Gasteiger partial charge in [0.1, 0.15) is 0 Å². The third-order valence-corrected chi connectivity index (χ3v) is 6.02. The van der Waals surface area contributed by atoms with E-state index in [1.807, 2.05) is 54.6 Å². The summed E-state index contributed by atoms with van der Waals surface area (Å²) in [6, 6.07) is 22.3. The van der Waals surface area contributed by atoms with E-state index in [0.717, 1.165) is 12.1 Å². The monoisotopic (exact) mass is 441 g/mol. The molecule has 4 rings (SSSR count). The number of amides is 3. The fraction of sp³-hybridized carbons (Fsp3) is 0.222. The Morgan fingerprint density at radius 2 is 1.67 bits per heavy atom. The Labute approximate surface area is 193 Å². The zero-order chi connectivity index (χ0) is 23.4. The summed E-state index contributed by atoms with van der Waals surface area (Å²) in [6.07, 6.45) is 1.09. The smallest absolute Gasteiger partial charge is 0.256 e. The quantitative estimate of drug-likeness (QED) is 0.577. The van der Waals surface area contributed by atoms with Gasteiger partial charge < -0.3 is 15.5 Å². The van der Waals surface area contributed by atoms with E-state index in [-0.39, 0.29) is 24.1 Å². The van der Waals surface area contributed by atoms with Crippen LogP contribution in [0, 0.1) is 12.8 Å². The molecule has 6 nitrogen and oxygen atoms in total. The number of hydrogen-bond donors (Lipinski definition) is 2. The minimum atomic E-state index is -0.454. The van der Waals surface area contributed by atoms with Gasteiger partial charge >= 0.3 is 0 Å². The molecule has 1 atom stereocenters. The van der Waals surface area contributed by atoms with Crippen LogP contribution in [0.15, 0.2) is 72.8 Å². The van der Waals surface area contributed by atoms with E-state index in [2.05, 4.69) is 17.6 Å². The Kier molecular flexibility index (Phi) is 6.54. The maximum atomic E-state index is 13.0. The van der Waals surface area contributed by atoms with Gasteiger partial charge in [-0.2, -0.15) is 0 Å². The molecule has 168 valence electrons. The number of hydrogen-bond acceptors (Lipinski definition) is 3. The van der Waals surface area contributed by atoms with Gasteiger partial charge in [-0.1, -0.05) is 43.3 Å². The van der Waals surface area contributed by atoms with Crippen LogP contribution in [0.3, 0.4) is 0 Å². The van der Waals surface area contributed by atoms with Crippen molar-refractivity contribution in [2.45, 2.75) is 26.7 Å². The zero-order valence-corrected chi connectivity index (χ0v) is 18.8. The third kappa shape index (κ3) is 4.95. The first-order valence-corrected chi connectivity index (χ1v) is 11.1. The summed E-state index contributed by atoms with van der Waals surface area (Å²) in [7, 11) is 0. The lowest BCUT2D eigenvalue weighted by Gasteiger charge is -2.18. The van der Waals surface area contributed by atoms with Gasteiger partial charge in [-0.3, -0.25) is 14.4 Å². The maximum Gasteiger partial charge on any atom is 0.256 e. The van der Waals surface area contributed by atoms with Crippen LogP contribution in [-0.4, -0.2) is 24.3 Å². The topological polar surface area (TPSA) is 78.5 Å². The number of aryl methyl sites for hydroxylation is 1. The molecule has 2 N–H and O–H groups in total. The highest BCUT2D eigenvalue weighted by atomic mass is 16.2. The fourth-order valence-corrected chi connectivity index (χ4v) is 4.02. The number of rotatable bonds is 6. The van der Waals surface area contributed by atoms with E-state index in [0.29, 0.717) is 29.0 Å². The predicted molar refractivity (Wildman–Crippen MR) is 130 cm³/mol. The van der Waals surface area contributed by atoms with E-state index in [4.69, 9.17) is 0 Å². The average Bonchev–Trinajstić information content (AvgIpc) is 3.22. The molecule has 1 fully saturated rings. The zero-order valence-electron chi connectivity index (χ0n) is 18.8. The Hall–Kier alpha value is -3.93. The molecule has 1 saturated heterocycles. The minimum absolute atomic E-state index is 0.0629. The maximum absolute atomic E-state index is 13.0. The van der Waals surface area contributed by atoms with E-state index >= 15 is 0 Å². The molecule has 3 aromatic rings. The highest BCUT2D eigenvalue weighted by Gasteiger charge is 2.35. The summed E-state index contributed by atoms with van der Waals surface area (Å²) >= 11 is 0. The molecule has 3 amide bonds. The second kappa shape index (κ2) is 9.69. The molecule has 0 saturated carbocycles. The normalized spacial score (nSPS) is 15.4. The van der Waals surface area contributed by atoms with Crippen LogP contribution in [0.4, 0.5) is 17.1 Å². The largest absolute Gasteiger partial charge is 0.326 e. The van der Waals surface area contributed by atoms with Gasteiger partial charge in [-0.05, 0) is 60.9 Å². The molecule has 0 spiro atoms. The number of nitrogens with zero attached hydrogens (tertiary/aromatic N) is 1. The van der Waals surface area contributed by atoms with Crippen molar-refractivity contribution in [1.82, 2.24) is 0 Å². The molecular formula is C27H27N3O3. The Bertz CT molecular complexity index is 1170. The van der Waals surface area contributed by atoms with Gasteiger partial charge in [-0.25, -0.2) is 0 Å². The molecule has 33 heavy (non-hydrogen) atoms. The van der Waals surface area contributed by atoms with Crippen molar-refractivity contribution in [3.63, 3.8) is 0 Å². The lowest BCUT2D eigenvalue weighted by molar-refractivity contribution is -0.122. The van der Waals surface area contributed by atoms with Crippen LogP contribution in [0.2, 0.25) is 0 Å². The fourth-order valence-electron chi connectivity index (χ4n) is 4.02. The van der Waals surface area contributed by atoms with E-state index in [1.165, 1.54) is 5.56 Å². The standard InChI is InChI=1S/C27H27N3O3/c1-3-19-12-14-22(15-13-19)30-17-20(16-25(30)31)26(32)29-24-11-7-10-23(18(24)2)27(33)28-21-8-5-4-6-9-21/h4-15,20H,3,16-17H2,1-2H3,(H,28,33)(H,29,32). The molecular weight excluding hydrogens is 414 g/mol. The molecule has 0 aliphatic carbocycles. The highest BCUT2D eigenvalue weighted by molar-refractivity contribution is 6.08. The third-order valence-electron chi connectivity index (χ3n) is 6.02. The van der Waals surface area contributed by atoms with Gasteiger partial charge in [0, 0.05) is 35.6 Å². The van der Waals surface area contributed by atoms with Crippen LogP contribution >= 0.6 is 0 Å². The minimum Gasteiger partial charge on any atom is -0.326 e. The van der Waals surface area contributed by atoms with Crippen LogP contribution in [0.1, 0.15) is 34.8 Å². The van der Waals surface area contributed by atoms with Crippen LogP contribution < -0.4 is 15.5 Å². The van der Waals surface area contributed by atoms with Crippen LogP contribution in [0.5, 0.6) is 0 Å². The van der Waals surface area contributed by atoms with Crippen molar-refractivity contribution >= 4 is 34.8 Å². The number of carbonyl (C=O) groups is 3. The molecule has 1 unspecified atom stereocenters. The van der Waals surface area contributed by atoms with E-state index < -0.39 is 5.92 Å². The highest BCUT2D eigenvalue weighted by Crippen LogP contribution is 2.27. The average molecular weight is 442 g/mol. The first-order valence-electron chi connectivity index (χ1n) is 11.1. The van der Waals surface area contributed by atoms with Gasteiger partial charge in [-0.15, -0.1) is 0 Å². The van der Waals surface area contributed by atoms with Crippen molar-refractivity contribution in [2.24, 2.45) is 5.92 Å². The Morgan fingerprint density at radius 3 is 2.36 bits per heavy atom. The summed E-state index contributed by atoms with van der Waals surface area (Å²) in [6.45, 7) is 4.22. The summed E-state index contributed by atoms with van der Waals surface area (Å²) in [5, 5.41) is 5.79. The molecule has 1 aliphatic heterocycles. The Balaban J connectivity index is 1.44. The Morgan fingerprint density at radius 1 is 0.939 bits per heavy atom. The first-order chi connectivity index (χ1) is 16.0. The SMILES string of the molecule is CCc1ccc(N2CC(C(=O)Nc3cccc(C(=O)Nc4ccccc4)c3C)CC2=O)cc1. The first kappa shape index (κ1) is 22.3. The number of para-hydroxylation sites is 1. The van der Waals surface area contributed by atoms with Crippen LogP contribution in [0.25, 0.3) is 0 Å². The molecule has 6 heteroatoms.